The van der Waals surface area contributed by atoms with Gasteiger partial charge in [0.2, 0.25) is 5.91 Å². The number of hydrogen-bond donors (Lipinski definition) is 1. The molecule has 1 N–H and O–H groups in total. The highest BCUT2D eigenvalue weighted by Gasteiger charge is 2.30. The lowest BCUT2D eigenvalue weighted by Crippen LogP contribution is -2.25. The molecule has 1 atom stereocenters. The van der Waals surface area contributed by atoms with Gasteiger partial charge in [0.25, 0.3) is 0 Å². The van der Waals surface area contributed by atoms with Gasteiger partial charge >= 0.3 is 0 Å². The second-order valence-electron chi connectivity index (χ2n) is 6.70. The van der Waals surface area contributed by atoms with E-state index in [2.05, 4.69) is 25.5 Å². The quantitative estimate of drug-likeness (QED) is 0.595. The molecule has 8 nitrogen and oxygen atoms in total. The number of nitrogens with one attached hydrogen (secondary N) is 1. The van der Waals surface area contributed by atoms with E-state index in [1.54, 1.807) is 23.4 Å². The molecule has 1 aliphatic heterocycles. The summed E-state index contributed by atoms with van der Waals surface area (Å²) in [5.74, 6) is 0.729. The Balaban J connectivity index is 1.47. The van der Waals surface area contributed by atoms with Crippen molar-refractivity contribution >= 4 is 11.7 Å². The van der Waals surface area contributed by atoms with Crippen LogP contribution in [0.25, 0.3) is 5.69 Å². The van der Waals surface area contributed by atoms with E-state index >= 15 is 0 Å². The third kappa shape index (κ3) is 2.94. The fourth-order valence-corrected chi connectivity index (χ4v) is 3.55. The summed E-state index contributed by atoms with van der Waals surface area (Å²) in [6, 6.07) is 11.9. The third-order valence-corrected chi connectivity index (χ3v) is 4.95. The molecule has 4 heterocycles. The topological polar surface area (TPSA) is 90.5 Å². The predicted octanol–water partition coefficient (Wildman–Crippen LogP) is 2.38. The van der Waals surface area contributed by atoms with Gasteiger partial charge in [-0.25, -0.2) is 14.3 Å². The molecule has 1 aromatic carbocycles. The first-order valence-electron chi connectivity index (χ1n) is 8.97. The lowest BCUT2D eigenvalue weighted by atomic mass is 9.87. The SMILES string of the molecule is O=C1CC(c2ccc(-n3cncn3)cc2)c2cnn(Cc3ccncc3)c2N1. The van der Waals surface area contributed by atoms with Gasteiger partial charge in [-0.3, -0.25) is 9.78 Å². The van der Waals surface area contributed by atoms with Gasteiger partial charge in [-0.2, -0.15) is 10.2 Å². The third-order valence-electron chi connectivity index (χ3n) is 4.95. The average molecular weight is 371 g/mol. The van der Waals surface area contributed by atoms with Crippen molar-refractivity contribution in [2.75, 3.05) is 5.32 Å². The number of amides is 1. The van der Waals surface area contributed by atoms with Crippen LogP contribution in [0.3, 0.4) is 0 Å². The van der Waals surface area contributed by atoms with Crippen molar-refractivity contribution < 1.29 is 4.79 Å². The van der Waals surface area contributed by atoms with Crippen LogP contribution in [0.1, 0.15) is 29.0 Å². The molecule has 0 bridgehead atoms. The number of nitrogens with zero attached hydrogens (tertiary/aromatic N) is 6. The van der Waals surface area contributed by atoms with Crippen molar-refractivity contribution in [2.45, 2.75) is 18.9 Å². The maximum atomic E-state index is 12.4. The Morgan fingerprint density at radius 1 is 1.04 bits per heavy atom. The number of pyridine rings is 1. The predicted molar refractivity (Wildman–Crippen MR) is 102 cm³/mol. The lowest BCUT2D eigenvalue weighted by Gasteiger charge is -2.24. The molecule has 0 spiro atoms. The maximum Gasteiger partial charge on any atom is 0.226 e. The molecule has 1 aliphatic rings. The molecule has 138 valence electrons. The molecule has 0 aliphatic carbocycles. The van der Waals surface area contributed by atoms with Crippen LogP contribution in [-0.4, -0.2) is 35.4 Å². The van der Waals surface area contributed by atoms with E-state index in [9.17, 15) is 4.79 Å². The van der Waals surface area contributed by atoms with Crippen molar-refractivity contribution in [2.24, 2.45) is 0 Å². The van der Waals surface area contributed by atoms with Crippen molar-refractivity contribution in [1.82, 2.24) is 29.5 Å². The summed E-state index contributed by atoms with van der Waals surface area (Å²) >= 11 is 0. The smallest absolute Gasteiger partial charge is 0.226 e. The highest BCUT2D eigenvalue weighted by Crippen LogP contribution is 2.37. The van der Waals surface area contributed by atoms with E-state index < -0.39 is 0 Å². The zero-order valence-electron chi connectivity index (χ0n) is 14.9. The van der Waals surface area contributed by atoms with Crippen molar-refractivity contribution in [1.29, 1.82) is 0 Å². The number of anilines is 1. The molecule has 0 saturated carbocycles. The molecule has 1 amide bonds. The summed E-state index contributed by atoms with van der Waals surface area (Å²) in [5.41, 5.74) is 4.11. The Bertz CT molecular complexity index is 1100. The number of benzene rings is 1. The standard InChI is InChI=1S/C20H17N7O/c28-19-9-17(15-1-3-16(4-2-15)27-13-22-12-24-27)18-10-23-26(20(18)25-19)11-14-5-7-21-8-6-14/h1-8,10,12-13,17H,9,11H2,(H,25,28). The van der Waals surface area contributed by atoms with Crippen molar-refractivity contribution in [3.8, 4) is 5.69 Å². The van der Waals surface area contributed by atoms with Gasteiger partial charge in [0.1, 0.15) is 18.5 Å². The summed E-state index contributed by atoms with van der Waals surface area (Å²) in [7, 11) is 0. The highest BCUT2D eigenvalue weighted by molar-refractivity contribution is 5.94. The average Bonchev–Trinajstić information content (AvgIpc) is 3.39. The fraction of sp³-hybridized carbons (Fsp3) is 0.150. The van der Waals surface area contributed by atoms with Gasteiger partial charge in [0, 0.05) is 30.3 Å². The van der Waals surface area contributed by atoms with Crippen molar-refractivity contribution in [3.05, 3.63) is 84.3 Å². The first kappa shape index (κ1) is 16.4. The Kier molecular flexibility index (Phi) is 3.93. The number of aromatic nitrogens is 6. The van der Waals surface area contributed by atoms with Gasteiger partial charge in [-0.05, 0) is 35.4 Å². The van der Waals surface area contributed by atoms with Crippen LogP contribution in [-0.2, 0) is 11.3 Å². The zero-order chi connectivity index (χ0) is 18.9. The molecular formula is C20H17N7O. The molecule has 0 saturated heterocycles. The van der Waals surface area contributed by atoms with Crippen molar-refractivity contribution in [3.63, 3.8) is 0 Å². The zero-order valence-corrected chi connectivity index (χ0v) is 14.9. The summed E-state index contributed by atoms with van der Waals surface area (Å²) in [6.07, 6.45) is 8.92. The number of fused-ring (bicyclic) bond motifs is 1. The monoisotopic (exact) mass is 371 g/mol. The van der Waals surface area contributed by atoms with Gasteiger partial charge in [-0.15, -0.1) is 0 Å². The van der Waals surface area contributed by atoms with Crippen LogP contribution in [0, 0.1) is 0 Å². The molecule has 0 fully saturated rings. The molecule has 3 aromatic heterocycles. The Morgan fingerprint density at radius 2 is 1.86 bits per heavy atom. The highest BCUT2D eigenvalue weighted by atomic mass is 16.1. The van der Waals surface area contributed by atoms with E-state index in [1.165, 1.54) is 6.33 Å². The molecule has 4 aromatic rings. The maximum absolute atomic E-state index is 12.4. The second kappa shape index (κ2) is 6.73. The van der Waals surface area contributed by atoms with Gasteiger partial charge in [-0.1, -0.05) is 12.1 Å². The van der Waals surface area contributed by atoms with Gasteiger partial charge in [0.15, 0.2) is 0 Å². The van der Waals surface area contributed by atoms with Crippen LogP contribution in [0.15, 0.2) is 67.6 Å². The molecule has 1 unspecified atom stereocenters. The molecule has 0 radical (unpaired) electrons. The summed E-state index contributed by atoms with van der Waals surface area (Å²) in [6.45, 7) is 0.579. The van der Waals surface area contributed by atoms with Gasteiger partial charge in [0.05, 0.1) is 18.4 Å². The lowest BCUT2D eigenvalue weighted by molar-refractivity contribution is -0.116. The molecular weight excluding hydrogens is 354 g/mol. The Labute approximate surface area is 160 Å². The number of rotatable bonds is 4. The Morgan fingerprint density at radius 3 is 2.61 bits per heavy atom. The van der Waals surface area contributed by atoms with E-state index in [1.807, 2.05) is 47.3 Å². The summed E-state index contributed by atoms with van der Waals surface area (Å²) in [4.78, 5) is 20.4. The van der Waals surface area contributed by atoms with E-state index in [0.717, 1.165) is 28.2 Å². The van der Waals surface area contributed by atoms with Crippen LogP contribution in [0.5, 0.6) is 0 Å². The fourth-order valence-electron chi connectivity index (χ4n) is 3.55. The van der Waals surface area contributed by atoms with E-state index in [0.29, 0.717) is 13.0 Å². The first-order valence-corrected chi connectivity index (χ1v) is 8.97. The normalized spacial score (nSPS) is 15.9. The molecule has 28 heavy (non-hydrogen) atoms. The number of hydrogen-bond acceptors (Lipinski definition) is 5. The summed E-state index contributed by atoms with van der Waals surface area (Å²) < 4.78 is 3.54. The molecule has 5 rings (SSSR count). The van der Waals surface area contributed by atoms with E-state index in [-0.39, 0.29) is 11.8 Å². The van der Waals surface area contributed by atoms with Gasteiger partial charge < -0.3 is 5.32 Å². The van der Waals surface area contributed by atoms with Crippen LogP contribution >= 0.6 is 0 Å². The largest absolute Gasteiger partial charge is 0.311 e. The molecule has 8 heteroatoms. The van der Waals surface area contributed by atoms with E-state index in [4.69, 9.17) is 0 Å². The van der Waals surface area contributed by atoms with Crippen LogP contribution in [0.4, 0.5) is 5.82 Å². The Hall–Kier alpha value is -3.81. The van der Waals surface area contributed by atoms with Crippen LogP contribution in [0.2, 0.25) is 0 Å². The first-order chi connectivity index (χ1) is 13.8. The number of carbonyl (C=O) groups is 1. The minimum atomic E-state index is -0.0280. The number of carbonyl (C=O) groups excluding carboxylic acids is 1. The summed E-state index contributed by atoms with van der Waals surface area (Å²) in [5, 5.41) is 11.6. The second-order valence-corrected chi connectivity index (χ2v) is 6.70. The minimum absolute atomic E-state index is 0.00525. The van der Waals surface area contributed by atoms with Crippen LogP contribution < -0.4 is 5.32 Å². The minimum Gasteiger partial charge on any atom is -0.311 e.